The molecule has 2 aromatic rings. The maximum absolute atomic E-state index is 12.8. The Hall–Kier alpha value is -1.87. The summed E-state index contributed by atoms with van der Waals surface area (Å²) in [5.41, 5.74) is 12.0. The van der Waals surface area contributed by atoms with Crippen molar-refractivity contribution < 1.29 is 0 Å². The van der Waals surface area contributed by atoms with Gasteiger partial charge in [-0.25, -0.2) is 0 Å². The van der Waals surface area contributed by atoms with Gasteiger partial charge in [0.1, 0.15) is 0 Å². The van der Waals surface area contributed by atoms with Crippen LogP contribution in [-0.4, -0.2) is 4.57 Å². The molecule has 1 unspecified atom stereocenters. The van der Waals surface area contributed by atoms with Crippen LogP contribution in [0.2, 0.25) is 0 Å². The van der Waals surface area contributed by atoms with Gasteiger partial charge in [-0.05, 0) is 56.7 Å². The molecule has 0 radical (unpaired) electrons. The highest BCUT2D eigenvalue weighted by Crippen LogP contribution is 2.24. The lowest BCUT2D eigenvalue weighted by Gasteiger charge is -2.23. The molecule has 1 atom stereocenters. The number of aromatic nitrogens is 1. The van der Waals surface area contributed by atoms with Crippen molar-refractivity contribution in [2.75, 3.05) is 0 Å². The van der Waals surface area contributed by atoms with Crippen molar-refractivity contribution in [3.05, 3.63) is 68.6 Å². The lowest BCUT2D eigenvalue weighted by Crippen LogP contribution is -2.32. The molecule has 1 heterocycles. The minimum atomic E-state index is -0.349. The average molecular weight is 296 g/mol. The number of fused-ring (bicyclic) bond motifs is 1. The van der Waals surface area contributed by atoms with Crippen LogP contribution in [0.3, 0.4) is 0 Å². The Morgan fingerprint density at radius 1 is 1.18 bits per heavy atom. The van der Waals surface area contributed by atoms with Crippen molar-refractivity contribution in [1.29, 1.82) is 0 Å². The van der Waals surface area contributed by atoms with Crippen LogP contribution >= 0.6 is 0 Å². The summed E-state index contributed by atoms with van der Waals surface area (Å²) < 4.78 is 1.93. The third kappa shape index (κ3) is 2.61. The normalized spacial score (nSPS) is 15.4. The number of rotatable bonds is 3. The van der Waals surface area contributed by atoms with Crippen molar-refractivity contribution in [3.63, 3.8) is 0 Å². The maximum Gasteiger partial charge on any atom is 0.255 e. The van der Waals surface area contributed by atoms with Crippen molar-refractivity contribution in [2.45, 2.75) is 52.1 Å². The molecule has 0 spiro atoms. The van der Waals surface area contributed by atoms with Gasteiger partial charge < -0.3 is 10.3 Å². The fourth-order valence-electron chi connectivity index (χ4n) is 3.42. The lowest BCUT2D eigenvalue weighted by molar-refractivity contribution is 0.582. The van der Waals surface area contributed by atoms with Crippen molar-refractivity contribution in [1.82, 2.24) is 4.57 Å². The Balaban J connectivity index is 2.10. The summed E-state index contributed by atoms with van der Waals surface area (Å²) in [5.74, 6) is 0. The highest BCUT2D eigenvalue weighted by molar-refractivity contribution is 5.36. The summed E-state index contributed by atoms with van der Waals surface area (Å²) >= 11 is 0. The summed E-state index contributed by atoms with van der Waals surface area (Å²) in [6, 6.07) is 9.86. The minimum Gasteiger partial charge on any atom is -0.320 e. The lowest BCUT2D eigenvalue weighted by atomic mass is 9.91. The molecule has 0 saturated heterocycles. The molecule has 116 valence electrons. The molecule has 3 heteroatoms. The fourth-order valence-corrected chi connectivity index (χ4v) is 3.42. The van der Waals surface area contributed by atoms with Gasteiger partial charge in [0.2, 0.25) is 0 Å². The van der Waals surface area contributed by atoms with Gasteiger partial charge >= 0.3 is 0 Å². The van der Waals surface area contributed by atoms with E-state index in [9.17, 15) is 4.79 Å². The van der Waals surface area contributed by atoms with Gasteiger partial charge in [0, 0.05) is 17.8 Å². The topological polar surface area (TPSA) is 48.0 Å². The van der Waals surface area contributed by atoms with Crippen LogP contribution in [0.25, 0.3) is 0 Å². The molecule has 1 aliphatic rings. The third-order valence-corrected chi connectivity index (χ3v) is 4.72. The second kappa shape index (κ2) is 6.09. The predicted octanol–water partition coefficient (Wildman–Crippen LogP) is 3.10. The first-order valence-corrected chi connectivity index (χ1v) is 8.19. The van der Waals surface area contributed by atoms with E-state index in [2.05, 4.69) is 13.0 Å². The second-order valence-corrected chi connectivity index (χ2v) is 6.22. The Morgan fingerprint density at radius 3 is 2.55 bits per heavy atom. The molecule has 0 fully saturated rings. The number of benzene rings is 1. The standard InChI is InChI=1S/C19H24N2O/c1-3-21-17-7-5-4-6-15(17)12-16(19(21)22)18(20)14-10-8-13(2)9-11-14/h8-12,18H,3-7,20H2,1-2H3. The first kappa shape index (κ1) is 15.0. The van der Waals surface area contributed by atoms with Crippen LogP contribution in [0, 0.1) is 6.92 Å². The van der Waals surface area contributed by atoms with E-state index in [0.29, 0.717) is 0 Å². The van der Waals surface area contributed by atoms with Crippen LogP contribution < -0.4 is 11.3 Å². The molecular formula is C19H24N2O. The first-order chi connectivity index (χ1) is 10.6. The molecule has 0 saturated carbocycles. The fraction of sp³-hybridized carbons (Fsp3) is 0.421. The monoisotopic (exact) mass is 296 g/mol. The van der Waals surface area contributed by atoms with Crippen LogP contribution in [0.4, 0.5) is 0 Å². The van der Waals surface area contributed by atoms with Crippen molar-refractivity contribution >= 4 is 0 Å². The second-order valence-electron chi connectivity index (χ2n) is 6.22. The van der Waals surface area contributed by atoms with Crippen LogP contribution in [0.5, 0.6) is 0 Å². The molecule has 0 amide bonds. The summed E-state index contributed by atoms with van der Waals surface area (Å²) in [6.45, 7) is 4.81. The summed E-state index contributed by atoms with van der Waals surface area (Å²) in [6.07, 6.45) is 4.45. The molecule has 2 N–H and O–H groups in total. The predicted molar refractivity (Wildman–Crippen MR) is 90.2 cm³/mol. The average Bonchev–Trinajstić information content (AvgIpc) is 2.54. The Morgan fingerprint density at radius 2 is 1.86 bits per heavy atom. The molecule has 1 aliphatic carbocycles. The highest BCUT2D eigenvalue weighted by Gasteiger charge is 2.20. The maximum atomic E-state index is 12.8. The van der Waals surface area contributed by atoms with Gasteiger partial charge in [-0.2, -0.15) is 0 Å². The Bertz CT molecular complexity index is 728. The van der Waals surface area contributed by atoms with E-state index in [1.165, 1.54) is 29.7 Å². The number of hydrogen-bond acceptors (Lipinski definition) is 2. The molecule has 0 aliphatic heterocycles. The van der Waals surface area contributed by atoms with E-state index in [1.54, 1.807) is 0 Å². The molecule has 1 aromatic heterocycles. The van der Waals surface area contributed by atoms with Crippen molar-refractivity contribution in [3.8, 4) is 0 Å². The van der Waals surface area contributed by atoms with Crippen LogP contribution in [0.1, 0.15) is 53.8 Å². The van der Waals surface area contributed by atoms with E-state index in [0.717, 1.165) is 30.5 Å². The SMILES string of the molecule is CCn1c2c(cc(C(N)c3ccc(C)cc3)c1=O)CCCC2. The zero-order valence-corrected chi connectivity index (χ0v) is 13.4. The largest absolute Gasteiger partial charge is 0.320 e. The summed E-state index contributed by atoms with van der Waals surface area (Å²) in [5, 5.41) is 0. The molecule has 3 rings (SSSR count). The van der Waals surface area contributed by atoms with Crippen molar-refractivity contribution in [2.24, 2.45) is 5.73 Å². The number of nitrogens with two attached hydrogens (primary N) is 1. The molecular weight excluding hydrogens is 272 g/mol. The van der Waals surface area contributed by atoms with Gasteiger partial charge in [0.05, 0.1) is 6.04 Å². The van der Waals surface area contributed by atoms with Gasteiger partial charge in [0.25, 0.3) is 5.56 Å². The van der Waals surface area contributed by atoms with E-state index >= 15 is 0 Å². The quantitative estimate of drug-likeness (QED) is 0.946. The summed E-state index contributed by atoms with van der Waals surface area (Å²) in [4.78, 5) is 12.8. The Kier molecular flexibility index (Phi) is 4.16. The van der Waals surface area contributed by atoms with Crippen LogP contribution in [0.15, 0.2) is 35.1 Å². The highest BCUT2D eigenvalue weighted by atomic mass is 16.1. The van der Waals surface area contributed by atoms with E-state index in [-0.39, 0.29) is 11.6 Å². The molecule has 1 aromatic carbocycles. The number of pyridine rings is 1. The first-order valence-electron chi connectivity index (χ1n) is 8.19. The Labute approximate surface area is 131 Å². The smallest absolute Gasteiger partial charge is 0.255 e. The number of nitrogens with zero attached hydrogens (tertiary/aromatic N) is 1. The van der Waals surface area contributed by atoms with Crippen LogP contribution in [-0.2, 0) is 19.4 Å². The van der Waals surface area contributed by atoms with E-state index in [4.69, 9.17) is 5.73 Å². The van der Waals surface area contributed by atoms with Gasteiger partial charge in [-0.1, -0.05) is 29.8 Å². The zero-order valence-electron chi connectivity index (χ0n) is 13.4. The van der Waals surface area contributed by atoms with Gasteiger partial charge in [0.15, 0.2) is 0 Å². The van der Waals surface area contributed by atoms with E-state index in [1.807, 2.05) is 35.8 Å². The van der Waals surface area contributed by atoms with E-state index < -0.39 is 0 Å². The minimum absolute atomic E-state index is 0.0798. The van der Waals surface area contributed by atoms with Gasteiger partial charge in [-0.3, -0.25) is 4.79 Å². The molecule has 22 heavy (non-hydrogen) atoms. The third-order valence-electron chi connectivity index (χ3n) is 4.72. The van der Waals surface area contributed by atoms with Gasteiger partial charge in [-0.15, -0.1) is 0 Å². The number of hydrogen-bond donors (Lipinski definition) is 1. The summed E-state index contributed by atoms with van der Waals surface area (Å²) in [7, 11) is 0. The molecule has 0 bridgehead atoms. The zero-order chi connectivity index (χ0) is 15.7. The number of aryl methyl sites for hydroxylation is 2. The molecule has 3 nitrogen and oxygen atoms in total.